The molecule has 6 nitrogen and oxygen atoms in total. The summed E-state index contributed by atoms with van der Waals surface area (Å²) in [7, 11) is 0. The van der Waals surface area contributed by atoms with E-state index in [0.717, 1.165) is 35.2 Å². The molecule has 2 N–H and O–H groups in total. The maximum atomic E-state index is 9.72. The molecule has 27 heavy (non-hydrogen) atoms. The fourth-order valence-corrected chi connectivity index (χ4v) is 4.10. The average molecular weight is 365 g/mol. The molecule has 0 radical (unpaired) electrons. The van der Waals surface area contributed by atoms with E-state index >= 15 is 0 Å². The first kappa shape index (κ1) is 17.6. The van der Waals surface area contributed by atoms with Crippen molar-refractivity contribution < 1.29 is 14.2 Å². The van der Waals surface area contributed by atoms with Gasteiger partial charge in [-0.25, -0.2) is 4.98 Å². The van der Waals surface area contributed by atoms with Gasteiger partial charge in [-0.3, -0.25) is 0 Å². The number of nitriles is 1. The molecule has 1 fully saturated rings. The molecule has 0 aliphatic carbocycles. The van der Waals surface area contributed by atoms with Crippen LogP contribution in [0.25, 0.3) is 11.1 Å². The Hall–Kier alpha value is -2.78. The summed E-state index contributed by atoms with van der Waals surface area (Å²) in [5.41, 5.74) is 10.1. The standard InChI is InChI=1S/C21H23N3O3/c1-12-18(13-4-5-16-17(8-13)26-11-25-16)15(10-22)20(23)24-19(12)14-6-7-27-21(2,3)9-14/h4-5,8,14H,6-7,9,11H2,1-3H3,(H2,23,24). The Balaban J connectivity index is 1.86. The van der Waals surface area contributed by atoms with Crippen molar-refractivity contribution in [1.82, 2.24) is 4.98 Å². The zero-order chi connectivity index (χ0) is 19.2. The van der Waals surface area contributed by atoms with Crippen LogP contribution in [0.1, 0.15) is 49.4 Å². The third kappa shape index (κ3) is 3.08. The van der Waals surface area contributed by atoms with Gasteiger partial charge >= 0.3 is 0 Å². The highest BCUT2D eigenvalue weighted by atomic mass is 16.7. The summed E-state index contributed by atoms with van der Waals surface area (Å²) in [6.07, 6.45) is 1.76. The number of anilines is 1. The minimum atomic E-state index is -0.196. The van der Waals surface area contributed by atoms with Gasteiger partial charge in [-0.05, 0) is 56.9 Å². The van der Waals surface area contributed by atoms with Crippen LogP contribution >= 0.6 is 0 Å². The molecule has 140 valence electrons. The number of pyridine rings is 1. The van der Waals surface area contributed by atoms with Gasteiger partial charge in [0.1, 0.15) is 17.5 Å². The van der Waals surface area contributed by atoms with E-state index in [0.29, 0.717) is 23.7 Å². The number of rotatable bonds is 2. The topological polar surface area (TPSA) is 90.4 Å². The maximum Gasteiger partial charge on any atom is 0.231 e. The molecule has 1 aromatic carbocycles. The molecule has 6 heteroatoms. The lowest BCUT2D eigenvalue weighted by atomic mass is 9.82. The van der Waals surface area contributed by atoms with E-state index in [1.807, 2.05) is 25.1 Å². The third-order valence-corrected chi connectivity index (χ3v) is 5.36. The highest BCUT2D eigenvalue weighted by molar-refractivity contribution is 5.80. The zero-order valence-electron chi connectivity index (χ0n) is 15.8. The predicted molar refractivity (Wildman–Crippen MR) is 102 cm³/mol. The number of nitrogen functional groups attached to an aromatic ring is 1. The lowest BCUT2D eigenvalue weighted by Crippen LogP contribution is -2.33. The monoisotopic (exact) mass is 365 g/mol. The van der Waals surface area contributed by atoms with Crippen molar-refractivity contribution in [3.05, 3.63) is 35.0 Å². The Morgan fingerprint density at radius 3 is 2.78 bits per heavy atom. The number of hydrogen-bond donors (Lipinski definition) is 1. The molecule has 2 aromatic rings. The first-order valence-corrected chi connectivity index (χ1v) is 9.13. The molecule has 3 heterocycles. The number of nitrogens with zero attached hydrogens (tertiary/aromatic N) is 2. The highest BCUT2D eigenvalue weighted by Gasteiger charge is 2.33. The average Bonchev–Trinajstić information content (AvgIpc) is 3.09. The predicted octanol–water partition coefficient (Wildman–Crippen LogP) is 3.91. The van der Waals surface area contributed by atoms with Crippen molar-refractivity contribution in [2.24, 2.45) is 0 Å². The summed E-state index contributed by atoms with van der Waals surface area (Å²) in [6, 6.07) is 7.94. The first-order valence-electron chi connectivity index (χ1n) is 9.13. The Morgan fingerprint density at radius 2 is 2.04 bits per heavy atom. The fourth-order valence-electron chi connectivity index (χ4n) is 4.10. The smallest absolute Gasteiger partial charge is 0.231 e. The van der Waals surface area contributed by atoms with Gasteiger partial charge in [-0.2, -0.15) is 5.26 Å². The van der Waals surface area contributed by atoms with Crippen molar-refractivity contribution in [3.63, 3.8) is 0 Å². The van der Waals surface area contributed by atoms with Crippen molar-refractivity contribution in [1.29, 1.82) is 5.26 Å². The van der Waals surface area contributed by atoms with Crippen LogP contribution in [0, 0.1) is 18.3 Å². The normalized spacial score (nSPS) is 20.3. The van der Waals surface area contributed by atoms with Crippen LogP contribution in [0.3, 0.4) is 0 Å². The highest BCUT2D eigenvalue weighted by Crippen LogP contribution is 2.42. The Labute approximate surface area is 158 Å². The lowest BCUT2D eigenvalue weighted by Gasteiger charge is -2.36. The van der Waals surface area contributed by atoms with Crippen LogP contribution in [-0.4, -0.2) is 24.0 Å². The molecule has 2 aliphatic rings. The number of benzene rings is 1. The van der Waals surface area contributed by atoms with E-state index in [1.165, 1.54) is 0 Å². The summed E-state index contributed by atoms with van der Waals surface area (Å²) >= 11 is 0. The van der Waals surface area contributed by atoms with E-state index in [-0.39, 0.29) is 24.1 Å². The Morgan fingerprint density at radius 1 is 1.26 bits per heavy atom. The summed E-state index contributed by atoms with van der Waals surface area (Å²) in [6.45, 7) is 7.12. The van der Waals surface area contributed by atoms with Crippen molar-refractivity contribution in [3.8, 4) is 28.7 Å². The zero-order valence-corrected chi connectivity index (χ0v) is 15.8. The SMILES string of the molecule is Cc1c(C2CCOC(C)(C)C2)nc(N)c(C#N)c1-c1ccc2c(c1)OCO2. The molecule has 0 saturated carbocycles. The summed E-state index contributed by atoms with van der Waals surface area (Å²) in [5, 5.41) is 9.72. The van der Waals surface area contributed by atoms with Gasteiger partial charge in [-0.1, -0.05) is 6.07 Å². The van der Waals surface area contributed by atoms with Gasteiger partial charge < -0.3 is 19.9 Å². The van der Waals surface area contributed by atoms with Gasteiger partial charge in [0, 0.05) is 23.8 Å². The van der Waals surface area contributed by atoms with Gasteiger partial charge in [0.15, 0.2) is 11.5 Å². The van der Waals surface area contributed by atoms with Gasteiger partial charge in [-0.15, -0.1) is 0 Å². The van der Waals surface area contributed by atoms with Crippen molar-refractivity contribution >= 4 is 5.82 Å². The summed E-state index contributed by atoms with van der Waals surface area (Å²) in [4.78, 5) is 4.64. The van der Waals surface area contributed by atoms with E-state index in [2.05, 4.69) is 24.9 Å². The number of ether oxygens (including phenoxy) is 3. The molecule has 0 bridgehead atoms. The second kappa shape index (κ2) is 6.43. The van der Waals surface area contributed by atoms with Crippen LogP contribution in [-0.2, 0) is 4.74 Å². The summed E-state index contributed by atoms with van der Waals surface area (Å²) < 4.78 is 16.8. The minimum Gasteiger partial charge on any atom is -0.454 e. The van der Waals surface area contributed by atoms with E-state index < -0.39 is 0 Å². The number of nitrogens with two attached hydrogens (primary N) is 1. The second-order valence-corrected chi connectivity index (χ2v) is 7.74. The molecular formula is C21H23N3O3. The quantitative estimate of drug-likeness (QED) is 0.868. The number of hydrogen-bond acceptors (Lipinski definition) is 6. The van der Waals surface area contributed by atoms with Gasteiger partial charge in [0.05, 0.1) is 5.60 Å². The number of fused-ring (bicyclic) bond motifs is 1. The van der Waals surface area contributed by atoms with E-state index in [1.54, 1.807) is 0 Å². The van der Waals surface area contributed by atoms with Crippen LogP contribution in [0.4, 0.5) is 5.82 Å². The molecule has 0 spiro atoms. The second-order valence-electron chi connectivity index (χ2n) is 7.74. The van der Waals surface area contributed by atoms with Crippen molar-refractivity contribution in [2.75, 3.05) is 19.1 Å². The van der Waals surface area contributed by atoms with Crippen LogP contribution in [0.5, 0.6) is 11.5 Å². The molecular weight excluding hydrogens is 342 g/mol. The fraction of sp³-hybridized carbons (Fsp3) is 0.429. The molecule has 1 aromatic heterocycles. The molecule has 4 rings (SSSR count). The van der Waals surface area contributed by atoms with E-state index in [4.69, 9.17) is 19.9 Å². The summed E-state index contributed by atoms with van der Waals surface area (Å²) in [5.74, 6) is 1.91. The molecule has 1 atom stereocenters. The third-order valence-electron chi connectivity index (χ3n) is 5.36. The minimum absolute atomic E-state index is 0.196. The molecule has 2 aliphatic heterocycles. The van der Waals surface area contributed by atoms with Crippen LogP contribution < -0.4 is 15.2 Å². The molecule has 1 saturated heterocycles. The maximum absolute atomic E-state index is 9.72. The molecule has 1 unspecified atom stereocenters. The Kier molecular flexibility index (Phi) is 4.20. The van der Waals surface area contributed by atoms with Crippen molar-refractivity contribution in [2.45, 2.75) is 45.1 Å². The lowest BCUT2D eigenvalue weighted by molar-refractivity contribution is -0.0598. The Bertz CT molecular complexity index is 947. The first-order chi connectivity index (χ1) is 12.9. The van der Waals surface area contributed by atoms with Crippen LogP contribution in [0.2, 0.25) is 0 Å². The number of aromatic nitrogens is 1. The van der Waals surface area contributed by atoms with E-state index in [9.17, 15) is 5.26 Å². The van der Waals surface area contributed by atoms with Crippen LogP contribution in [0.15, 0.2) is 18.2 Å². The largest absolute Gasteiger partial charge is 0.454 e. The van der Waals surface area contributed by atoms with Gasteiger partial charge in [0.25, 0.3) is 0 Å². The molecule has 0 amide bonds. The van der Waals surface area contributed by atoms with Gasteiger partial charge in [0.2, 0.25) is 6.79 Å².